The molecule has 0 aliphatic carbocycles. The van der Waals surface area contributed by atoms with Crippen molar-refractivity contribution in [3.63, 3.8) is 0 Å². The van der Waals surface area contributed by atoms with Crippen molar-refractivity contribution in [2.45, 2.75) is 18.5 Å². The minimum Gasteiger partial charge on any atom is -0.394 e. The number of carbonyl (C=O) groups excluding carboxylic acids is 1. The van der Waals surface area contributed by atoms with E-state index in [-0.39, 0.29) is 24.8 Å². The van der Waals surface area contributed by atoms with E-state index in [1.165, 1.54) is 12.1 Å². The summed E-state index contributed by atoms with van der Waals surface area (Å²) in [6, 6.07) is 6.16. The highest BCUT2D eigenvalue weighted by Gasteiger charge is 2.40. The van der Waals surface area contributed by atoms with Gasteiger partial charge in [0.15, 0.2) is 0 Å². The molecule has 7 nitrogen and oxygen atoms in total. The van der Waals surface area contributed by atoms with Crippen LogP contribution in [0.25, 0.3) is 11.3 Å². The lowest BCUT2D eigenvalue weighted by Crippen LogP contribution is -2.65. The molecule has 1 fully saturated rings. The maximum Gasteiger partial charge on any atom is 0.254 e. The average Bonchev–Trinajstić information content (AvgIpc) is 3.18. The Morgan fingerprint density at radius 3 is 3.04 bits per heavy atom. The molecule has 1 aliphatic heterocycles. The molecule has 3 rings (SSSR count). The molecule has 0 bridgehead atoms. The van der Waals surface area contributed by atoms with Crippen molar-refractivity contribution in [2.75, 3.05) is 33.4 Å². The van der Waals surface area contributed by atoms with Crippen molar-refractivity contribution in [3.05, 3.63) is 41.8 Å². The topological polar surface area (TPSA) is 90.5 Å². The Kier molecular flexibility index (Phi) is 5.36. The van der Waals surface area contributed by atoms with Crippen LogP contribution < -0.4 is 5.32 Å². The van der Waals surface area contributed by atoms with E-state index in [2.05, 4.69) is 15.5 Å². The second-order valence-corrected chi connectivity index (χ2v) is 6.71. The van der Waals surface area contributed by atoms with Crippen LogP contribution in [0.1, 0.15) is 17.3 Å². The van der Waals surface area contributed by atoms with E-state index in [1.54, 1.807) is 18.3 Å². The molecule has 1 amide bonds. The monoisotopic (exact) mass is 362 g/mol. The average molecular weight is 362 g/mol. The fourth-order valence-electron chi connectivity index (χ4n) is 3.11. The smallest absolute Gasteiger partial charge is 0.254 e. The van der Waals surface area contributed by atoms with E-state index >= 15 is 0 Å². The standard InChI is InChI=1S/C18H23FN4O3/c1-12-8-26-11-18(10-24,23(12)2)9-20-17(25)14-7-13(3-4-15(14)19)16-5-6-21-22-16/h3-7,12,24H,8-11H2,1-2H3,(H,20,25)(H,21,22)/t12-,18+/m1/s1. The van der Waals surface area contributed by atoms with E-state index in [0.717, 1.165) is 0 Å². The van der Waals surface area contributed by atoms with Gasteiger partial charge in [-0.1, -0.05) is 0 Å². The first-order chi connectivity index (χ1) is 12.5. The van der Waals surface area contributed by atoms with Crippen LogP contribution in [0.5, 0.6) is 0 Å². The molecule has 0 saturated carbocycles. The summed E-state index contributed by atoms with van der Waals surface area (Å²) in [6.45, 7) is 2.81. The van der Waals surface area contributed by atoms with Gasteiger partial charge in [0.25, 0.3) is 5.91 Å². The third-order valence-corrected chi connectivity index (χ3v) is 5.03. The van der Waals surface area contributed by atoms with Crippen LogP contribution in [0.15, 0.2) is 30.5 Å². The van der Waals surface area contributed by atoms with Crippen LogP contribution in [0.2, 0.25) is 0 Å². The summed E-state index contributed by atoms with van der Waals surface area (Å²) < 4.78 is 19.7. The second kappa shape index (κ2) is 7.53. The third kappa shape index (κ3) is 3.48. The summed E-state index contributed by atoms with van der Waals surface area (Å²) in [6.07, 6.45) is 1.59. The number of halogens is 1. The van der Waals surface area contributed by atoms with Crippen LogP contribution in [0, 0.1) is 5.82 Å². The zero-order chi connectivity index (χ0) is 18.7. The van der Waals surface area contributed by atoms with Gasteiger partial charge in [0.1, 0.15) is 5.82 Å². The Labute approximate surface area is 151 Å². The number of nitrogens with zero attached hydrogens (tertiary/aromatic N) is 2. The Morgan fingerprint density at radius 1 is 1.54 bits per heavy atom. The maximum atomic E-state index is 14.2. The number of morpholine rings is 1. The number of hydrogen-bond donors (Lipinski definition) is 3. The number of carbonyl (C=O) groups is 1. The van der Waals surface area contributed by atoms with E-state index in [0.29, 0.717) is 24.5 Å². The number of amides is 1. The van der Waals surface area contributed by atoms with Crippen molar-refractivity contribution < 1.29 is 19.0 Å². The second-order valence-electron chi connectivity index (χ2n) is 6.71. The van der Waals surface area contributed by atoms with Crippen LogP contribution in [0.3, 0.4) is 0 Å². The minimum absolute atomic E-state index is 0.0578. The summed E-state index contributed by atoms with van der Waals surface area (Å²) in [5.74, 6) is -1.14. The quantitative estimate of drug-likeness (QED) is 0.739. The maximum absolute atomic E-state index is 14.2. The van der Waals surface area contributed by atoms with Gasteiger partial charge in [-0.05, 0) is 38.2 Å². The fraction of sp³-hybridized carbons (Fsp3) is 0.444. The van der Waals surface area contributed by atoms with Crippen LogP contribution >= 0.6 is 0 Å². The van der Waals surface area contributed by atoms with Crippen molar-refractivity contribution in [1.29, 1.82) is 0 Å². The van der Waals surface area contributed by atoms with Gasteiger partial charge in [-0.2, -0.15) is 5.10 Å². The first-order valence-electron chi connectivity index (χ1n) is 8.46. The normalized spacial score (nSPS) is 23.8. The molecule has 1 saturated heterocycles. The van der Waals surface area contributed by atoms with Crippen LogP contribution in [-0.4, -0.2) is 71.1 Å². The zero-order valence-corrected chi connectivity index (χ0v) is 14.8. The van der Waals surface area contributed by atoms with Gasteiger partial charge in [-0.25, -0.2) is 4.39 Å². The number of aromatic nitrogens is 2. The molecule has 140 valence electrons. The van der Waals surface area contributed by atoms with Crippen molar-refractivity contribution in [2.24, 2.45) is 0 Å². The molecular formula is C18H23FN4O3. The van der Waals surface area contributed by atoms with Crippen molar-refractivity contribution in [1.82, 2.24) is 20.4 Å². The molecule has 1 aromatic heterocycles. The van der Waals surface area contributed by atoms with Gasteiger partial charge in [-0.15, -0.1) is 0 Å². The van der Waals surface area contributed by atoms with Crippen LogP contribution in [0.4, 0.5) is 4.39 Å². The van der Waals surface area contributed by atoms with Gasteiger partial charge in [0.2, 0.25) is 0 Å². The number of H-pyrrole nitrogens is 1. The molecule has 8 heteroatoms. The Bertz CT molecular complexity index is 768. The summed E-state index contributed by atoms with van der Waals surface area (Å²) in [5, 5.41) is 19.3. The van der Waals surface area contributed by atoms with Gasteiger partial charge < -0.3 is 15.2 Å². The number of nitrogens with one attached hydrogen (secondary N) is 2. The highest BCUT2D eigenvalue weighted by Crippen LogP contribution is 2.23. The molecule has 1 aliphatic rings. The van der Waals surface area contributed by atoms with Crippen molar-refractivity contribution >= 4 is 5.91 Å². The Hall–Kier alpha value is -2.29. The van der Waals surface area contributed by atoms with E-state index in [1.807, 2.05) is 18.9 Å². The Balaban J connectivity index is 1.76. The summed E-state index contributed by atoms with van der Waals surface area (Å²) in [5.41, 5.74) is 0.570. The number of aliphatic hydroxyl groups is 1. The van der Waals surface area contributed by atoms with Gasteiger partial charge in [-0.3, -0.25) is 14.8 Å². The largest absolute Gasteiger partial charge is 0.394 e. The van der Waals surface area contributed by atoms with E-state index in [4.69, 9.17) is 4.74 Å². The summed E-state index contributed by atoms with van der Waals surface area (Å²) in [7, 11) is 1.88. The molecule has 2 heterocycles. The number of likely N-dealkylation sites (N-methyl/N-ethyl adjacent to an activating group) is 1. The van der Waals surface area contributed by atoms with Gasteiger partial charge in [0, 0.05) is 24.3 Å². The van der Waals surface area contributed by atoms with E-state index in [9.17, 15) is 14.3 Å². The fourth-order valence-corrected chi connectivity index (χ4v) is 3.11. The molecule has 0 spiro atoms. The molecule has 26 heavy (non-hydrogen) atoms. The first-order valence-corrected chi connectivity index (χ1v) is 8.46. The van der Waals surface area contributed by atoms with E-state index < -0.39 is 17.3 Å². The Morgan fingerprint density at radius 2 is 2.35 bits per heavy atom. The number of aliphatic hydroxyl groups excluding tert-OH is 1. The first kappa shape index (κ1) is 18.5. The number of rotatable bonds is 5. The van der Waals surface area contributed by atoms with Gasteiger partial charge in [0.05, 0.1) is 36.6 Å². The SMILES string of the molecule is C[C@@H]1COC[C@@](CO)(CNC(=O)c2cc(-c3ccn[nH]3)ccc2F)N1C. The third-order valence-electron chi connectivity index (χ3n) is 5.03. The van der Waals surface area contributed by atoms with Crippen molar-refractivity contribution in [3.8, 4) is 11.3 Å². The molecule has 3 N–H and O–H groups in total. The number of ether oxygens (including phenoxy) is 1. The predicted octanol–water partition coefficient (Wildman–Crippen LogP) is 1.03. The highest BCUT2D eigenvalue weighted by atomic mass is 19.1. The predicted molar refractivity (Wildman–Crippen MR) is 94.2 cm³/mol. The molecule has 0 unspecified atom stereocenters. The summed E-state index contributed by atoms with van der Waals surface area (Å²) in [4.78, 5) is 14.6. The lowest BCUT2D eigenvalue weighted by atomic mass is 9.95. The number of hydrogen-bond acceptors (Lipinski definition) is 5. The highest BCUT2D eigenvalue weighted by molar-refractivity contribution is 5.95. The summed E-state index contributed by atoms with van der Waals surface area (Å²) >= 11 is 0. The minimum atomic E-state index is -0.731. The van der Waals surface area contributed by atoms with Gasteiger partial charge >= 0.3 is 0 Å². The zero-order valence-electron chi connectivity index (χ0n) is 14.8. The number of aromatic amines is 1. The lowest BCUT2D eigenvalue weighted by Gasteiger charge is -2.47. The molecular weight excluding hydrogens is 339 g/mol. The number of benzene rings is 1. The molecule has 2 atom stereocenters. The molecule has 0 radical (unpaired) electrons. The lowest BCUT2D eigenvalue weighted by molar-refractivity contribution is -0.105. The molecule has 2 aromatic rings. The molecule has 1 aromatic carbocycles. The van der Waals surface area contributed by atoms with Crippen LogP contribution in [-0.2, 0) is 4.74 Å².